The molecule has 0 bridgehead atoms. The van der Waals surface area contributed by atoms with Gasteiger partial charge in [-0.05, 0) is 32.4 Å². The highest BCUT2D eigenvalue weighted by Gasteiger charge is 2.21. The van der Waals surface area contributed by atoms with Crippen LogP contribution in [0.25, 0.3) is 0 Å². The Morgan fingerprint density at radius 1 is 1.41 bits per heavy atom. The average molecular weight is 236 g/mol. The first kappa shape index (κ1) is 13.7. The highest BCUT2D eigenvalue weighted by molar-refractivity contribution is 5.47. The lowest BCUT2D eigenvalue weighted by atomic mass is 10.0. The Kier molecular flexibility index (Phi) is 4.29. The summed E-state index contributed by atoms with van der Waals surface area (Å²) >= 11 is 0. The van der Waals surface area contributed by atoms with Gasteiger partial charge in [-0.2, -0.15) is 0 Å². The standard InChI is InChI=1S/C14H21FN2/c1-5-9-17(14(2,3)4)10-11-7-6-8-12(15)13(11)16/h5-8H,1,9-10,16H2,2-4H3. The van der Waals surface area contributed by atoms with E-state index in [2.05, 4.69) is 32.3 Å². The third-order valence-electron chi connectivity index (χ3n) is 2.80. The van der Waals surface area contributed by atoms with Crippen LogP contribution < -0.4 is 5.73 Å². The zero-order valence-corrected chi connectivity index (χ0v) is 10.8. The number of hydrogen-bond donors (Lipinski definition) is 1. The van der Waals surface area contributed by atoms with Crippen LogP contribution in [0.3, 0.4) is 0 Å². The molecule has 3 heteroatoms. The van der Waals surface area contributed by atoms with Crippen LogP contribution in [0, 0.1) is 5.82 Å². The topological polar surface area (TPSA) is 29.3 Å². The smallest absolute Gasteiger partial charge is 0.146 e. The van der Waals surface area contributed by atoms with Crippen molar-refractivity contribution in [2.24, 2.45) is 0 Å². The fourth-order valence-electron chi connectivity index (χ4n) is 1.66. The molecule has 0 aliphatic heterocycles. The van der Waals surface area contributed by atoms with Crippen molar-refractivity contribution in [1.29, 1.82) is 0 Å². The molecule has 0 aliphatic carbocycles. The lowest BCUT2D eigenvalue weighted by Crippen LogP contribution is -2.41. The van der Waals surface area contributed by atoms with Crippen molar-refractivity contribution >= 4 is 5.69 Å². The highest BCUT2D eigenvalue weighted by atomic mass is 19.1. The molecule has 17 heavy (non-hydrogen) atoms. The summed E-state index contributed by atoms with van der Waals surface area (Å²) in [5.74, 6) is -0.352. The Balaban J connectivity index is 2.94. The van der Waals surface area contributed by atoms with Crippen molar-refractivity contribution in [1.82, 2.24) is 4.90 Å². The summed E-state index contributed by atoms with van der Waals surface area (Å²) in [7, 11) is 0. The molecule has 1 aromatic carbocycles. The van der Waals surface area contributed by atoms with Gasteiger partial charge in [0, 0.05) is 18.6 Å². The van der Waals surface area contributed by atoms with Gasteiger partial charge in [-0.15, -0.1) is 6.58 Å². The Morgan fingerprint density at radius 2 is 2.06 bits per heavy atom. The van der Waals surface area contributed by atoms with Crippen molar-refractivity contribution in [3.05, 3.63) is 42.2 Å². The normalized spacial score (nSPS) is 11.8. The van der Waals surface area contributed by atoms with Crippen LogP contribution in [-0.4, -0.2) is 17.0 Å². The molecule has 0 heterocycles. The molecule has 1 rings (SSSR count). The maximum absolute atomic E-state index is 13.3. The van der Waals surface area contributed by atoms with Gasteiger partial charge in [0.1, 0.15) is 5.82 Å². The number of hydrogen-bond acceptors (Lipinski definition) is 2. The van der Waals surface area contributed by atoms with Crippen LogP contribution in [0.4, 0.5) is 10.1 Å². The van der Waals surface area contributed by atoms with E-state index in [0.717, 1.165) is 12.1 Å². The molecule has 0 fully saturated rings. The first-order chi connectivity index (χ1) is 7.86. The minimum atomic E-state index is -0.352. The molecular weight excluding hydrogens is 215 g/mol. The number of anilines is 1. The monoisotopic (exact) mass is 236 g/mol. The number of nitrogens with zero attached hydrogens (tertiary/aromatic N) is 1. The zero-order valence-electron chi connectivity index (χ0n) is 10.8. The van der Waals surface area contributed by atoms with E-state index in [0.29, 0.717) is 6.54 Å². The summed E-state index contributed by atoms with van der Waals surface area (Å²) in [4.78, 5) is 2.20. The van der Waals surface area contributed by atoms with Crippen LogP contribution in [-0.2, 0) is 6.54 Å². The van der Waals surface area contributed by atoms with Crippen molar-refractivity contribution in [3.8, 4) is 0 Å². The number of benzene rings is 1. The first-order valence-corrected chi connectivity index (χ1v) is 5.75. The molecule has 0 saturated carbocycles. The molecule has 2 N–H and O–H groups in total. The SMILES string of the molecule is C=CCN(Cc1cccc(F)c1N)C(C)(C)C. The second-order valence-electron chi connectivity index (χ2n) is 5.15. The van der Waals surface area contributed by atoms with E-state index < -0.39 is 0 Å². The molecule has 94 valence electrons. The van der Waals surface area contributed by atoms with Crippen LogP contribution in [0.5, 0.6) is 0 Å². The van der Waals surface area contributed by atoms with E-state index >= 15 is 0 Å². The highest BCUT2D eigenvalue weighted by Crippen LogP contribution is 2.22. The lowest BCUT2D eigenvalue weighted by molar-refractivity contribution is 0.145. The van der Waals surface area contributed by atoms with Gasteiger partial charge < -0.3 is 5.73 Å². The molecule has 0 atom stereocenters. The van der Waals surface area contributed by atoms with Crippen LogP contribution in [0.1, 0.15) is 26.3 Å². The molecular formula is C14H21FN2. The number of nitrogen functional groups attached to an aromatic ring is 1. The third kappa shape index (κ3) is 3.56. The first-order valence-electron chi connectivity index (χ1n) is 5.75. The molecule has 0 spiro atoms. The van der Waals surface area contributed by atoms with E-state index in [1.165, 1.54) is 6.07 Å². The van der Waals surface area contributed by atoms with Gasteiger partial charge in [0.25, 0.3) is 0 Å². The number of para-hydroxylation sites is 1. The van der Waals surface area contributed by atoms with Gasteiger partial charge in [-0.3, -0.25) is 4.90 Å². The van der Waals surface area contributed by atoms with Crippen LogP contribution in [0.15, 0.2) is 30.9 Å². The minimum Gasteiger partial charge on any atom is -0.396 e. The van der Waals surface area contributed by atoms with Crippen molar-refractivity contribution in [3.63, 3.8) is 0 Å². The second-order valence-corrected chi connectivity index (χ2v) is 5.15. The zero-order chi connectivity index (χ0) is 13.1. The summed E-state index contributed by atoms with van der Waals surface area (Å²) in [6.45, 7) is 11.5. The fraction of sp³-hybridized carbons (Fsp3) is 0.429. The molecule has 0 aliphatic rings. The van der Waals surface area contributed by atoms with Gasteiger partial charge in [-0.1, -0.05) is 18.2 Å². The van der Waals surface area contributed by atoms with Crippen LogP contribution >= 0.6 is 0 Å². The largest absolute Gasteiger partial charge is 0.396 e. The predicted molar refractivity (Wildman–Crippen MR) is 71.2 cm³/mol. The molecule has 1 aromatic rings. The summed E-state index contributed by atoms with van der Waals surface area (Å²) in [5.41, 5.74) is 6.80. The van der Waals surface area contributed by atoms with E-state index in [1.54, 1.807) is 6.07 Å². The molecule has 0 saturated heterocycles. The number of rotatable bonds is 4. The molecule has 0 amide bonds. The van der Waals surface area contributed by atoms with Gasteiger partial charge in [0.05, 0.1) is 5.69 Å². The van der Waals surface area contributed by atoms with Crippen molar-refractivity contribution in [2.45, 2.75) is 32.9 Å². The second kappa shape index (κ2) is 5.32. The van der Waals surface area contributed by atoms with Gasteiger partial charge >= 0.3 is 0 Å². The molecule has 0 unspecified atom stereocenters. The third-order valence-corrected chi connectivity index (χ3v) is 2.80. The molecule has 0 radical (unpaired) electrons. The molecule has 2 nitrogen and oxygen atoms in total. The van der Waals surface area contributed by atoms with E-state index in [9.17, 15) is 4.39 Å². The maximum Gasteiger partial charge on any atom is 0.146 e. The Bertz CT molecular complexity index is 394. The Hall–Kier alpha value is -1.35. The minimum absolute atomic E-state index is 0.00700. The van der Waals surface area contributed by atoms with Crippen molar-refractivity contribution in [2.75, 3.05) is 12.3 Å². The van der Waals surface area contributed by atoms with E-state index in [1.807, 2.05) is 12.1 Å². The number of halogens is 1. The van der Waals surface area contributed by atoms with Crippen molar-refractivity contribution < 1.29 is 4.39 Å². The Morgan fingerprint density at radius 3 is 2.59 bits per heavy atom. The van der Waals surface area contributed by atoms with E-state index in [4.69, 9.17) is 5.73 Å². The van der Waals surface area contributed by atoms with Gasteiger partial charge in [0.2, 0.25) is 0 Å². The fourth-order valence-corrected chi connectivity index (χ4v) is 1.66. The summed E-state index contributed by atoms with van der Waals surface area (Å²) in [6, 6.07) is 4.93. The number of nitrogens with two attached hydrogens (primary N) is 1. The van der Waals surface area contributed by atoms with Gasteiger partial charge in [-0.25, -0.2) is 4.39 Å². The van der Waals surface area contributed by atoms with E-state index in [-0.39, 0.29) is 17.0 Å². The quantitative estimate of drug-likeness (QED) is 0.642. The summed E-state index contributed by atoms with van der Waals surface area (Å²) in [6.07, 6.45) is 1.85. The maximum atomic E-state index is 13.3. The van der Waals surface area contributed by atoms with Gasteiger partial charge in [0.15, 0.2) is 0 Å². The summed E-state index contributed by atoms with van der Waals surface area (Å²) < 4.78 is 13.3. The average Bonchev–Trinajstić information content (AvgIpc) is 2.22. The van der Waals surface area contributed by atoms with Crippen LogP contribution in [0.2, 0.25) is 0 Å². The lowest BCUT2D eigenvalue weighted by Gasteiger charge is -2.35. The predicted octanol–water partition coefficient (Wildman–Crippen LogP) is 3.19. The summed E-state index contributed by atoms with van der Waals surface area (Å²) in [5, 5.41) is 0. The molecule has 0 aromatic heterocycles. The Labute approximate surface area is 103 Å².